The summed E-state index contributed by atoms with van der Waals surface area (Å²) in [6, 6.07) is 14.4. The molecule has 1 atom stereocenters. The first-order valence-electron chi connectivity index (χ1n) is 6.64. The predicted octanol–water partition coefficient (Wildman–Crippen LogP) is 4.14. The number of hydrogen-bond donors (Lipinski definition) is 0. The van der Waals surface area contributed by atoms with Crippen LogP contribution in [0, 0.1) is 0 Å². The quantitative estimate of drug-likeness (QED) is 0.753. The van der Waals surface area contributed by atoms with Crippen molar-refractivity contribution in [3.05, 3.63) is 64.7 Å². The van der Waals surface area contributed by atoms with Crippen molar-refractivity contribution in [3.8, 4) is 5.75 Å². The van der Waals surface area contributed by atoms with Crippen molar-refractivity contribution in [3.63, 3.8) is 0 Å². The van der Waals surface area contributed by atoms with Crippen molar-refractivity contribution in [2.75, 3.05) is 7.11 Å². The number of halogens is 1. The Morgan fingerprint density at radius 1 is 1.19 bits per heavy atom. The molecule has 21 heavy (non-hydrogen) atoms. The van der Waals surface area contributed by atoms with Crippen LogP contribution in [0.25, 0.3) is 0 Å². The highest BCUT2D eigenvalue weighted by molar-refractivity contribution is 6.30. The minimum absolute atomic E-state index is 0.0559. The molecular formula is C17H17ClO3. The summed E-state index contributed by atoms with van der Waals surface area (Å²) in [6.45, 7) is 2.10. The molecule has 0 N–H and O–H groups in total. The summed E-state index contributed by atoms with van der Waals surface area (Å²) in [7, 11) is 1.59. The van der Waals surface area contributed by atoms with Gasteiger partial charge in [0.1, 0.15) is 11.9 Å². The Morgan fingerprint density at radius 3 is 2.52 bits per heavy atom. The van der Waals surface area contributed by atoms with E-state index in [-0.39, 0.29) is 5.78 Å². The van der Waals surface area contributed by atoms with Gasteiger partial charge in [-0.3, -0.25) is 4.79 Å². The molecule has 0 saturated heterocycles. The number of carbonyl (C=O) groups is 1. The summed E-state index contributed by atoms with van der Waals surface area (Å²) in [6.07, 6.45) is -0.516. The molecule has 2 rings (SSSR count). The summed E-state index contributed by atoms with van der Waals surface area (Å²) in [5, 5.41) is 0.658. The zero-order chi connectivity index (χ0) is 15.2. The molecule has 0 aromatic heterocycles. The van der Waals surface area contributed by atoms with Gasteiger partial charge in [0.2, 0.25) is 0 Å². The Kier molecular flexibility index (Phi) is 5.37. The summed E-state index contributed by atoms with van der Waals surface area (Å²) in [4.78, 5) is 12.2. The van der Waals surface area contributed by atoms with Gasteiger partial charge in [-0.15, -0.1) is 0 Å². The van der Waals surface area contributed by atoms with Gasteiger partial charge in [0.15, 0.2) is 5.78 Å². The molecule has 0 aliphatic carbocycles. The molecule has 0 aliphatic rings. The zero-order valence-electron chi connectivity index (χ0n) is 12.0. The first-order valence-corrected chi connectivity index (χ1v) is 7.02. The van der Waals surface area contributed by atoms with Crippen LogP contribution >= 0.6 is 11.6 Å². The molecule has 0 bridgehead atoms. The van der Waals surface area contributed by atoms with Crippen molar-refractivity contribution in [2.24, 2.45) is 0 Å². The third kappa shape index (κ3) is 4.31. The van der Waals surface area contributed by atoms with Crippen LogP contribution in [0.4, 0.5) is 0 Å². The highest BCUT2D eigenvalue weighted by atomic mass is 35.5. The van der Waals surface area contributed by atoms with Gasteiger partial charge < -0.3 is 9.47 Å². The van der Waals surface area contributed by atoms with Gasteiger partial charge in [-0.1, -0.05) is 23.7 Å². The minimum atomic E-state index is -0.516. The van der Waals surface area contributed by atoms with Crippen molar-refractivity contribution in [1.29, 1.82) is 0 Å². The van der Waals surface area contributed by atoms with Crippen molar-refractivity contribution < 1.29 is 14.3 Å². The Bertz CT molecular complexity index is 608. The summed E-state index contributed by atoms with van der Waals surface area (Å²) in [5.74, 6) is 0.665. The number of methoxy groups -OCH3 is 1. The van der Waals surface area contributed by atoms with Crippen LogP contribution in [0.1, 0.15) is 22.8 Å². The lowest BCUT2D eigenvalue weighted by molar-refractivity contribution is 0.0412. The van der Waals surface area contributed by atoms with E-state index in [1.54, 1.807) is 44.4 Å². The fourth-order valence-corrected chi connectivity index (χ4v) is 2.13. The Labute approximate surface area is 129 Å². The summed E-state index contributed by atoms with van der Waals surface area (Å²) < 4.78 is 10.7. The second-order valence-corrected chi connectivity index (χ2v) is 5.11. The molecule has 0 radical (unpaired) electrons. The van der Waals surface area contributed by atoms with Crippen LogP contribution < -0.4 is 4.74 Å². The Morgan fingerprint density at radius 2 is 1.90 bits per heavy atom. The fourth-order valence-electron chi connectivity index (χ4n) is 1.91. The van der Waals surface area contributed by atoms with Gasteiger partial charge >= 0.3 is 0 Å². The molecule has 0 saturated carbocycles. The number of carbonyl (C=O) groups excluding carboxylic acids is 1. The lowest BCUT2D eigenvalue weighted by atomic mass is 10.1. The van der Waals surface area contributed by atoms with Gasteiger partial charge in [-0.2, -0.15) is 0 Å². The predicted molar refractivity (Wildman–Crippen MR) is 83.0 cm³/mol. The number of ketones is 1. The largest absolute Gasteiger partial charge is 0.497 e. The van der Waals surface area contributed by atoms with Gasteiger partial charge in [0.05, 0.1) is 13.7 Å². The molecule has 0 fully saturated rings. The van der Waals surface area contributed by atoms with E-state index in [0.717, 1.165) is 11.3 Å². The molecule has 3 nitrogen and oxygen atoms in total. The molecule has 4 heteroatoms. The van der Waals surface area contributed by atoms with Crippen LogP contribution in [0.2, 0.25) is 5.02 Å². The Hall–Kier alpha value is -1.84. The van der Waals surface area contributed by atoms with E-state index in [9.17, 15) is 4.79 Å². The van der Waals surface area contributed by atoms with Crippen LogP contribution in [-0.4, -0.2) is 19.0 Å². The third-order valence-corrected chi connectivity index (χ3v) is 3.37. The van der Waals surface area contributed by atoms with Crippen LogP contribution in [0.3, 0.4) is 0 Å². The molecule has 0 aliphatic heterocycles. The second-order valence-electron chi connectivity index (χ2n) is 4.68. The van der Waals surface area contributed by atoms with Gasteiger partial charge in [-0.25, -0.2) is 0 Å². The number of ether oxygens (including phenoxy) is 2. The van der Waals surface area contributed by atoms with Gasteiger partial charge in [-0.05, 0) is 48.9 Å². The minimum Gasteiger partial charge on any atom is -0.497 e. The monoisotopic (exact) mass is 304 g/mol. The summed E-state index contributed by atoms with van der Waals surface area (Å²) >= 11 is 5.91. The SMILES string of the molecule is COc1ccc(C(=O)C(C)OCc2cccc(Cl)c2)cc1. The van der Waals surface area contributed by atoms with Crippen molar-refractivity contribution in [1.82, 2.24) is 0 Å². The highest BCUT2D eigenvalue weighted by Crippen LogP contribution is 2.16. The van der Waals surface area contributed by atoms with Crippen molar-refractivity contribution in [2.45, 2.75) is 19.6 Å². The fraction of sp³-hybridized carbons (Fsp3) is 0.235. The molecule has 0 amide bonds. The smallest absolute Gasteiger partial charge is 0.191 e. The molecule has 0 heterocycles. The second kappa shape index (κ2) is 7.25. The molecule has 0 spiro atoms. The number of rotatable bonds is 6. The maximum Gasteiger partial charge on any atom is 0.191 e. The van der Waals surface area contributed by atoms with E-state index in [1.807, 2.05) is 18.2 Å². The standard InChI is InChI=1S/C17H17ClO3/c1-12(21-11-13-4-3-5-15(18)10-13)17(19)14-6-8-16(20-2)9-7-14/h3-10,12H,11H2,1-2H3. The molecular weight excluding hydrogens is 288 g/mol. The van der Waals surface area contributed by atoms with E-state index >= 15 is 0 Å². The van der Waals surface area contributed by atoms with E-state index < -0.39 is 6.10 Å². The number of hydrogen-bond acceptors (Lipinski definition) is 3. The van der Waals surface area contributed by atoms with E-state index in [1.165, 1.54) is 0 Å². The topological polar surface area (TPSA) is 35.5 Å². The lowest BCUT2D eigenvalue weighted by Gasteiger charge is -2.12. The molecule has 1 unspecified atom stereocenters. The first kappa shape index (κ1) is 15.5. The maximum absolute atomic E-state index is 12.2. The summed E-state index contributed by atoms with van der Waals surface area (Å²) in [5.41, 5.74) is 1.55. The van der Waals surface area contributed by atoms with Crippen LogP contribution in [0.15, 0.2) is 48.5 Å². The van der Waals surface area contributed by atoms with Crippen molar-refractivity contribution >= 4 is 17.4 Å². The average molecular weight is 305 g/mol. The highest BCUT2D eigenvalue weighted by Gasteiger charge is 2.15. The maximum atomic E-state index is 12.2. The normalized spacial score (nSPS) is 12.0. The lowest BCUT2D eigenvalue weighted by Crippen LogP contribution is -2.20. The van der Waals surface area contributed by atoms with E-state index in [2.05, 4.69) is 0 Å². The first-order chi connectivity index (χ1) is 10.1. The molecule has 2 aromatic rings. The van der Waals surface area contributed by atoms with E-state index in [0.29, 0.717) is 17.2 Å². The molecule has 2 aromatic carbocycles. The zero-order valence-corrected chi connectivity index (χ0v) is 12.8. The van der Waals surface area contributed by atoms with Gasteiger partial charge in [0.25, 0.3) is 0 Å². The van der Waals surface area contributed by atoms with Crippen LogP contribution in [-0.2, 0) is 11.3 Å². The Balaban J connectivity index is 1.95. The molecule has 110 valence electrons. The third-order valence-electron chi connectivity index (χ3n) is 3.13. The average Bonchev–Trinajstić information content (AvgIpc) is 2.52. The van der Waals surface area contributed by atoms with E-state index in [4.69, 9.17) is 21.1 Å². The number of benzene rings is 2. The van der Waals surface area contributed by atoms with Crippen LogP contribution in [0.5, 0.6) is 5.75 Å². The number of Topliss-reactive ketones (excluding diaryl/α,β-unsaturated/α-hetero) is 1. The van der Waals surface area contributed by atoms with Gasteiger partial charge in [0, 0.05) is 10.6 Å².